The Morgan fingerprint density at radius 1 is 1.03 bits per heavy atom. The first kappa shape index (κ1) is 21.4. The number of hydrogen-bond acceptors (Lipinski definition) is 6. The Morgan fingerprint density at radius 2 is 1.75 bits per heavy atom. The average molecular weight is 435 g/mol. The smallest absolute Gasteiger partial charge is 0.262 e. The molecule has 2 N–H and O–H groups in total. The number of ether oxygens (including phenoxy) is 2. The SMILES string of the molecule is COc1cc(CCc2cc(NC(=O)c3c(C)nn4c(C)cc(C)nc34)n[nH]2)cc(OC)c1. The van der Waals surface area contributed by atoms with Gasteiger partial charge in [-0.1, -0.05) is 0 Å². The van der Waals surface area contributed by atoms with Crippen molar-refractivity contribution in [3.05, 3.63) is 64.2 Å². The van der Waals surface area contributed by atoms with E-state index in [1.807, 2.05) is 44.2 Å². The first-order valence-electron chi connectivity index (χ1n) is 10.3. The molecule has 0 atom stereocenters. The Kier molecular flexibility index (Phi) is 5.81. The van der Waals surface area contributed by atoms with Crippen molar-refractivity contribution in [1.82, 2.24) is 24.8 Å². The summed E-state index contributed by atoms with van der Waals surface area (Å²) in [5, 5.41) is 14.5. The Hall–Kier alpha value is -3.88. The fraction of sp³-hybridized carbons (Fsp3) is 0.304. The van der Waals surface area contributed by atoms with Gasteiger partial charge in [0.15, 0.2) is 11.5 Å². The van der Waals surface area contributed by atoms with E-state index in [0.29, 0.717) is 22.7 Å². The maximum absolute atomic E-state index is 13.0. The summed E-state index contributed by atoms with van der Waals surface area (Å²) in [4.78, 5) is 17.5. The van der Waals surface area contributed by atoms with Crippen molar-refractivity contribution in [3.63, 3.8) is 0 Å². The van der Waals surface area contributed by atoms with Crippen molar-refractivity contribution in [2.45, 2.75) is 33.6 Å². The van der Waals surface area contributed by atoms with Crippen LogP contribution in [0.4, 0.5) is 5.82 Å². The minimum atomic E-state index is -0.286. The molecule has 166 valence electrons. The second kappa shape index (κ2) is 8.70. The van der Waals surface area contributed by atoms with Crippen LogP contribution in [0, 0.1) is 20.8 Å². The molecule has 0 saturated heterocycles. The van der Waals surface area contributed by atoms with Gasteiger partial charge in [-0.05, 0) is 57.4 Å². The number of aryl methyl sites for hydroxylation is 5. The minimum absolute atomic E-state index is 0.286. The molecule has 0 spiro atoms. The number of nitrogens with zero attached hydrogens (tertiary/aromatic N) is 4. The van der Waals surface area contributed by atoms with Crippen LogP contribution >= 0.6 is 0 Å². The summed E-state index contributed by atoms with van der Waals surface area (Å²) in [6, 6.07) is 9.56. The summed E-state index contributed by atoms with van der Waals surface area (Å²) >= 11 is 0. The zero-order valence-corrected chi connectivity index (χ0v) is 18.8. The van der Waals surface area contributed by atoms with E-state index in [-0.39, 0.29) is 5.91 Å². The molecule has 0 aliphatic heterocycles. The van der Waals surface area contributed by atoms with E-state index in [9.17, 15) is 4.79 Å². The molecule has 9 nitrogen and oxygen atoms in total. The van der Waals surface area contributed by atoms with Crippen molar-refractivity contribution in [3.8, 4) is 11.5 Å². The number of amides is 1. The maximum Gasteiger partial charge on any atom is 0.262 e. The highest BCUT2D eigenvalue weighted by Crippen LogP contribution is 2.24. The number of nitrogens with one attached hydrogen (secondary N) is 2. The van der Waals surface area contributed by atoms with Gasteiger partial charge in [-0.3, -0.25) is 9.89 Å². The molecule has 0 aliphatic carbocycles. The molecule has 0 bridgehead atoms. The number of aromatic amines is 1. The van der Waals surface area contributed by atoms with Crippen LogP contribution in [0.3, 0.4) is 0 Å². The van der Waals surface area contributed by atoms with E-state index in [4.69, 9.17) is 9.47 Å². The quantitative estimate of drug-likeness (QED) is 0.462. The van der Waals surface area contributed by atoms with Crippen molar-refractivity contribution in [2.75, 3.05) is 19.5 Å². The molecule has 1 aromatic carbocycles. The van der Waals surface area contributed by atoms with Crippen LogP contribution in [-0.2, 0) is 12.8 Å². The van der Waals surface area contributed by atoms with Crippen LogP contribution in [0.2, 0.25) is 0 Å². The van der Waals surface area contributed by atoms with Crippen molar-refractivity contribution in [1.29, 1.82) is 0 Å². The highest BCUT2D eigenvalue weighted by atomic mass is 16.5. The molecule has 4 rings (SSSR count). The third-order valence-corrected chi connectivity index (χ3v) is 5.26. The monoisotopic (exact) mass is 434 g/mol. The van der Waals surface area contributed by atoms with Gasteiger partial charge in [-0.2, -0.15) is 10.2 Å². The fourth-order valence-electron chi connectivity index (χ4n) is 3.72. The van der Waals surface area contributed by atoms with Gasteiger partial charge in [0.05, 0.1) is 19.9 Å². The van der Waals surface area contributed by atoms with Gasteiger partial charge in [-0.25, -0.2) is 9.50 Å². The molecule has 3 aromatic heterocycles. The normalized spacial score (nSPS) is 11.0. The number of fused-ring (bicyclic) bond motifs is 1. The van der Waals surface area contributed by atoms with E-state index in [2.05, 4.69) is 25.6 Å². The number of carbonyl (C=O) groups excluding carboxylic acids is 1. The lowest BCUT2D eigenvalue weighted by molar-refractivity contribution is 0.102. The van der Waals surface area contributed by atoms with Crippen LogP contribution in [0.1, 0.15) is 38.7 Å². The maximum atomic E-state index is 13.0. The molecule has 0 unspecified atom stereocenters. The zero-order valence-electron chi connectivity index (χ0n) is 18.8. The van der Waals surface area contributed by atoms with Gasteiger partial charge >= 0.3 is 0 Å². The van der Waals surface area contributed by atoms with Crippen molar-refractivity contribution in [2.24, 2.45) is 0 Å². The Balaban J connectivity index is 1.48. The molecule has 0 radical (unpaired) electrons. The van der Waals surface area contributed by atoms with Crippen molar-refractivity contribution >= 4 is 17.4 Å². The van der Waals surface area contributed by atoms with E-state index in [1.54, 1.807) is 25.7 Å². The Bertz CT molecular complexity index is 1270. The minimum Gasteiger partial charge on any atom is -0.497 e. The number of methoxy groups -OCH3 is 2. The van der Waals surface area contributed by atoms with Crippen LogP contribution in [0.25, 0.3) is 5.65 Å². The standard InChI is InChI=1S/C23H26N6O3/c1-13-8-14(2)29-22(24-13)21(15(3)28-29)23(30)25-20-11-17(26-27-20)7-6-16-9-18(31-4)12-19(10-16)32-5/h8-12H,6-7H2,1-5H3,(H2,25,26,27,30). The number of H-pyrrole nitrogens is 1. The number of benzene rings is 1. The highest BCUT2D eigenvalue weighted by molar-refractivity contribution is 6.08. The number of aromatic nitrogens is 5. The zero-order chi connectivity index (χ0) is 22.8. The fourth-order valence-corrected chi connectivity index (χ4v) is 3.72. The van der Waals surface area contributed by atoms with Gasteiger partial charge in [0.2, 0.25) is 0 Å². The summed E-state index contributed by atoms with van der Waals surface area (Å²) in [7, 11) is 3.26. The second-order valence-electron chi connectivity index (χ2n) is 7.69. The Morgan fingerprint density at radius 3 is 2.44 bits per heavy atom. The van der Waals surface area contributed by atoms with Gasteiger partial charge in [0.25, 0.3) is 5.91 Å². The molecule has 0 fully saturated rings. The summed E-state index contributed by atoms with van der Waals surface area (Å²) in [5.41, 5.74) is 5.35. The summed E-state index contributed by atoms with van der Waals surface area (Å²) in [6.45, 7) is 5.64. The number of carbonyl (C=O) groups is 1. The molecule has 0 saturated carbocycles. The van der Waals surface area contributed by atoms with E-state index in [0.717, 1.165) is 47.0 Å². The predicted octanol–water partition coefficient (Wildman–Crippen LogP) is 3.43. The van der Waals surface area contributed by atoms with E-state index in [1.165, 1.54) is 0 Å². The Labute approximate surface area is 185 Å². The molecule has 1 amide bonds. The molecule has 4 aromatic rings. The van der Waals surface area contributed by atoms with Gasteiger partial charge in [0, 0.05) is 29.2 Å². The van der Waals surface area contributed by atoms with Crippen LogP contribution < -0.4 is 14.8 Å². The van der Waals surface area contributed by atoms with E-state index < -0.39 is 0 Å². The summed E-state index contributed by atoms with van der Waals surface area (Å²) < 4.78 is 12.3. The van der Waals surface area contributed by atoms with Crippen LogP contribution in [0.5, 0.6) is 11.5 Å². The molecular weight excluding hydrogens is 408 g/mol. The van der Waals surface area contributed by atoms with Gasteiger partial charge in [0.1, 0.15) is 17.1 Å². The topological polar surface area (TPSA) is 106 Å². The van der Waals surface area contributed by atoms with Gasteiger partial charge < -0.3 is 14.8 Å². The van der Waals surface area contributed by atoms with E-state index >= 15 is 0 Å². The second-order valence-corrected chi connectivity index (χ2v) is 7.69. The largest absolute Gasteiger partial charge is 0.497 e. The molecule has 32 heavy (non-hydrogen) atoms. The molecule has 9 heteroatoms. The first-order chi connectivity index (χ1) is 15.4. The third kappa shape index (κ3) is 4.27. The first-order valence-corrected chi connectivity index (χ1v) is 10.3. The third-order valence-electron chi connectivity index (χ3n) is 5.26. The highest BCUT2D eigenvalue weighted by Gasteiger charge is 2.20. The van der Waals surface area contributed by atoms with Crippen LogP contribution in [0.15, 0.2) is 30.3 Å². The summed E-state index contributed by atoms with van der Waals surface area (Å²) in [5.74, 6) is 1.67. The molecule has 0 aliphatic rings. The number of hydrogen-bond donors (Lipinski definition) is 2. The van der Waals surface area contributed by atoms with Gasteiger partial charge in [-0.15, -0.1) is 0 Å². The van der Waals surface area contributed by atoms with Crippen molar-refractivity contribution < 1.29 is 14.3 Å². The lowest BCUT2D eigenvalue weighted by Gasteiger charge is -2.08. The number of rotatable bonds is 7. The molecular formula is C23H26N6O3. The average Bonchev–Trinajstić information content (AvgIpc) is 3.35. The summed E-state index contributed by atoms with van der Waals surface area (Å²) in [6.07, 6.45) is 1.48. The molecule has 3 heterocycles. The predicted molar refractivity (Wildman–Crippen MR) is 121 cm³/mol. The lowest BCUT2D eigenvalue weighted by atomic mass is 10.1. The van der Waals surface area contributed by atoms with Crippen LogP contribution in [-0.4, -0.2) is 44.9 Å². The lowest BCUT2D eigenvalue weighted by Crippen LogP contribution is -2.13. The number of anilines is 1.